The smallest absolute Gasteiger partial charge is 0.159 e. The summed E-state index contributed by atoms with van der Waals surface area (Å²) in [6.07, 6.45) is 8.58. The third-order valence-electron chi connectivity index (χ3n) is 8.06. The van der Waals surface area contributed by atoms with Crippen molar-refractivity contribution in [2.45, 2.75) is 25.3 Å². The third kappa shape index (κ3) is 3.24. The topological polar surface area (TPSA) is 83.7 Å². The van der Waals surface area contributed by atoms with Crippen LogP contribution >= 0.6 is 11.6 Å². The van der Waals surface area contributed by atoms with Crippen LogP contribution in [-0.4, -0.2) is 33.0 Å². The van der Waals surface area contributed by atoms with Crippen LogP contribution in [0.4, 0.5) is 5.82 Å². The average molecular weight is 481 g/mol. The molecule has 0 bridgehead atoms. The van der Waals surface area contributed by atoms with Gasteiger partial charge in [-0.1, -0.05) is 48.0 Å². The lowest BCUT2D eigenvalue weighted by Gasteiger charge is -2.42. The Hall–Kier alpha value is -3.48. The Morgan fingerprint density at radius 1 is 1.00 bits per heavy atom. The fourth-order valence-electron chi connectivity index (χ4n) is 6.07. The molecule has 2 aliphatic rings. The number of pyridine rings is 1. The van der Waals surface area contributed by atoms with Gasteiger partial charge in [-0.15, -0.1) is 0 Å². The highest BCUT2D eigenvalue weighted by Crippen LogP contribution is 2.52. The van der Waals surface area contributed by atoms with Gasteiger partial charge in [0, 0.05) is 37.1 Å². The summed E-state index contributed by atoms with van der Waals surface area (Å²) in [5.41, 5.74) is 13.1. The number of piperidine rings is 1. The zero-order valence-corrected chi connectivity index (χ0v) is 20.0. The highest BCUT2D eigenvalue weighted by atomic mass is 35.5. The number of fused-ring (bicyclic) bond motifs is 4. The van der Waals surface area contributed by atoms with E-state index in [9.17, 15) is 0 Å². The van der Waals surface area contributed by atoms with Crippen molar-refractivity contribution in [3.63, 3.8) is 0 Å². The third-order valence-corrected chi connectivity index (χ3v) is 8.28. The monoisotopic (exact) mass is 480 g/mol. The fourth-order valence-corrected chi connectivity index (χ4v) is 6.18. The van der Waals surface area contributed by atoms with Gasteiger partial charge in [-0.05, 0) is 58.7 Å². The second-order valence-electron chi connectivity index (χ2n) is 9.85. The van der Waals surface area contributed by atoms with E-state index in [2.05, 4.69) is 51.3 Å². The summed E-state index contributed by atoms with van der Waals surface area (Å²) in [7, 11) is 0. The van der Waals surface area contributed by atoms with Crippen molar-refractivity contribution < 1.29 is 0 Å². The average Bonchev–Trinajstić information content (AvgIpc) is 3.44. The van der Waals surface area contributed by atoms with Crippen LogP contribution in [0.1, 0.15) is 30.0 Å². The van der Waals surface area contributed by atoms with Crippen molar-refractivity contribution >= 4 is 39.4 Å². The molecule has 1 atom stereocenters. The van der Waals surface area contributed by atoms with Crippen molar-refractivity contribution in [3.05, 3.63) is 83.3 Å². The van der Waals surface area contributed by atoms with Gasteiger partial charge in [-0.2, -0.15) is 0 Å². The molecule has 4 heterocycles. The number of benzene rings is 2. The second kappa shape index (κ2) is 7.77. The van der Waals surface area contributed by atoms with Gasteiger partial charge in [0.05, 0.1) is 16.9 Å². The molecule has 174 valence electrons. The first-order chi connectivity index (χ1) is 17.1. The van der Waals surface area contributed by atoms with E-state index in [1.165, 1.54) is 21.9 Å². The van der Waals surface area contributed by atoms with Gasteiger partial charge < -0.3 is 15.6 Å². The zero-order valence-electron chi connectivity index (χ0n) is 19.2. The first-order valence-electron chi connectivity index (χ1n) is 12.1. The van der Waals surface area contributed by atoms with E-state index >= 15 is 0 Å². The number of hydrogen-bond donors (Lipinski definition) is 2. The molecular weight excluding hydrogens is 456 g/mol. The molecule has 3 aromatic heterocycles. The van der Waals surface area contributed by atoms with E-state index in [0.29, 0.717) is 5.02 Å². The molecule has 0 saturated carbocycles. The summed E-state index contributed by atoms with van der Waals surface area (Å²) in [5.74, 6) is 0.902. The summed E-state index contributed by atoms with van der Waals surface area (Å²) < 4.78 is 0. The summed E-state index contributed by atoms with van der Waals surface area (Å²) in [5, 5.41) is 3.27. The summed E-state index contributed by atoms with van der Waals surface area (Å²) >= 11 is 5.99. The van der Waals surface area contributed by atoms with Gasteiger partial charge >= 0.3 is 0 Å². The second-order valence-corrected chi connectivity index (χ2v) is 10.3. The molecule has 2 aromatic carbocycles. The maximum atomic E-state index is 6.91. The molecular formula is C28H25ClN6. The number of aromatic amines is 1. The largest absolute Gasteiger partial charge is 0.355 e. The molecule has 0 unspecified atom stereocenters. The molecule has 1 aliphatic carbocycles. The summed E-state index contributed by atoms with van der Waals surface area (Å²) in [6, 6.07) is 17.0. The van der Waals surface area contributed by atoms with Gasteiger partial charge in [-0.3, -0.25) is 4.98 Å². The van der Waals surface area contributed by atoms with Crippen molar-refractivity contribution in [1.82, 2.24) is 19.9 Å². The van der Waals surface area contributed by atoms with E-state index < -0.39 is 0 Å². The van der Waals surface area contributed by atoms with E-state index in [1.807, 2.05) is 24.5 Å². The number of hydrogen-bond acceptors (Lipinski definition) is 5. The maximum absolute atomic E-state index is 6.91. The van der Waals surface area contributed by atoms with Crippen molar-refractivity contribution in [1.29, 1.82) is 0 Å². The van der Waals surface area contributed by atoms with Crippen LogP contribution in [0.3, 0.4) is 0 Å². The van der Waals surface area contributed by atoms with Gasteiger partial charge in [0.25, 0.3) is 0 Å². The Bertz CT molecular complexity index is 1570. The maximum Gasteiger partial charge on any atom is 0.159 e. The number of nitrogens with one attached hydrogen (secondary N) is 1. The first-order valence-corrected chi connectivity index (χ1v) is 12.5. The number of H-pyrrole nitrogens is 1. The summed E-state index contributed by atoms with van der Waals surface area (Å²) in [4.78, 5) is 19.7. The molecule has 1 fully saturated rings. The zero-order chi connectivity index (χ0) is 23.6. The number of nitrogens with zero attached hydrogens (tertiary/aromatic N) is 4. The van der Waals surface area contributed by atoms with Crippen molar-refractivity contribution in [3.8, 4) is 11.3 Å². The Kier molecular flexibility index (Phi) is 4.63. The van der Waals surface area contributed by atoms with Gasteiger partial charge in [0.1, 0.15) is 11.3 Å². The normalized spacial score (nSPS) is 19.0. The van der Waals surface area contributed by atoms with E-state index in [1.54, 1.807) is 6.20 Å². The molecule has 1 saturated heterocycles. The highest BCUT2D eigenvalue weighted by Gasteiger charge is 2.46. The van der Waals surface area contributed by atoms with Crippen LogP contribution in [0.2, 0.25) is 5.02 Å². The van der Waals surface area contributed by atoms with Gasteiger partial charge in [-0.25, -0.2) is 9.97 Å². The molecule has 0 amide bonds. The Labute approximate surface area is 208 Å². The van der Waals surface area contributed by atoms with Crippen LogP contribution in [-0.2, 0) is 6.42 Å². The molecule has 0 radical (unpaired) electrons. The van der Waals surface area contributed by atoms with Crippen LogP contribution in [0.25, 0.3) is 33.2 Å². The lowest BCUT2D eigenvalue weighted by atomic mass is 9.73. The predicted molar refractivity (Wildman–Crippen MR) is 141 cm³/mol. The van der Waals surface area contributed by atoms with Crippen LogP contribution in [0, 0.1) is 5.41 Å². The summed E-state index contributed by atoms with van der Waals surface area (Å²) in [6.45, 7) is 1.85. The molecule has 1 aliphatic heterocycles. The molecule has 3 N–H and O–H groups in total. The van der Waals surface area contributed by atoms with Gasteiger partial charge in [0.2, 0.25) is 0 Å². The van der Waals surface area contributed by atoms with E-state index in [4.69, 9.17) is 27.3 Å². The lowest BCUT2D eigenvalue weighted by Crippen LogP contribution is -2.44. The lowest BCUT2D eigenvalue weighted by molar-refractivity contribution is 0.187. The predicted octanol–water partition coefficient (Wildman–Crippen LogP) is 5.67. The number of aromatic nitrogens is 4. The van der Waals surface area contributed by atoms with Crippen LogP contribution in [0.15, 0.2) is 67.1 Å². The van der Waals surface area contributed by atoms with Crippen LogP contribution < -0.4 is 10.6 Å². The SMILES string of the molecule is N[C@@H]1c2ccc3ccccc3c2CC12CCN(c1cnc3c(-c4ccc(Cl)cn4)c[nH]c3n1)CC2. The number of anilines is 1. The standard InChI is InChI=1S/C28H25ClN6/c29-18-6-8-23(31-14-18)22-15-33-27-25(22)32-16-24(34-27)35-11-9-28(10-12-35)13-21-19-4-2-1-3-17(19)5-7-20(21)26(28)30/h1-8,14-16,26H,9-13,30H2,(H,33,34)/t26-/m1/s1. The van der Waals surface area contributed by atoms with Crippen LogP contribution in [0.5, 0.6) is 0 Å². The minimum atomic E-state index is 0.0793. The number of nitrogens with two attached hydrogens (primary N) is 1. The van der Waals surface area contributed by atoms with E-state index in [0.717, 1.165) is 60.6 Å². The molecule has 1 spiro atoms. The molecule has 35 heavy (non-hydrogen) atoms. The van der Waals surface area contributed by atoms with Crippen molar-refractivity contribution in [2.75, 3.05) is 18.0 Å². The Morgan fingerprint density at radius 2 is 1.86 bits per heavy atom. The van der Waals surface area contributed by atoms with Gasteiger partial charge in [0.15, 0.2) is 5.65 Å². The Morgan fingerprint density at radius 3 is 2.69 bits per heavy atom. The Balaban J connectivity index is 1.13. The fraction of sp³-hybridized carbons (Fsp3) is 0.250. The highest BCUT2D eigenvalue weighted by molar-refractivity contribution is 6.30. The quantitative estimate of drug-likeness (QED) is 0.340. The minimum Gasteiger partial charge on any atom is -0.355 e. The number of rotatable bonds is 2. The minimum absolute atomic E-state index is 0.0793. The molecule has 6 nitrogen and oxygen atoms in total. The number of halogens is 1. The van der Waals surface area contributed by atoms with E-state index in [-0.39, 0.29) is 11.5 Å². The first kappa shape index (κ1) is 20.9. The molecule has 5 aromatic rings. The van der Waals surface area contributed by atoms with Crippen molar-refractivity contribution in [2.24, 2.45) is 11.1 Å². The molecule has 7 rings (SSSR count). The molecule has 7 heteroatoms.